The highest BCUT2D eigenvalue weighted by Gasteiger charge is 2.09. The molecule has 0 N–H and O–H groups in total. The minimum atomic E-state index is -0.464. The van der Waals surface area contributed by atoms with Gasteiger partial charge in [-0.2, -0.15) is 15.6 Å². The van der Waals surface area contributed by atoms with Gasteiger partial charge < -0.3 is 4.74 Å². The highest BCUT2D eigenvalue weighted by atomic mass is 16.5. The van der Waals surface area contributed by atoms with Crippen LogP contribution in [0.2, 0.25) is 0 Å². The molecule has 3 rings (SSSR count). The van der Waals surface area contributed by atoms with Crippen molar-refractivity contribution in [3.05, 3.63) is 77.9 Å². The van der Waals surface area contributed by atoms with E-state index in [2.05, 4.69) is 10.2 Å². The molecule has 0 aliphatic rings. The van der Waals surface area contributed by atoms with E-state index in [-0.39, 0.29) is 16.9 Å². The van der Waals surface area contributed by atoms with Gasteiger partial charge in [0.05, 0.1) is 16.8 Å². The van der Waals surface area contributed by atoms with Crippen LogP contribution in [-0.4, -0.2) is 5.97 Å². The van der Waals surface area contributed by atoms with Crippen LogP contribution in [0.4, 0.5) is 11.4 Å². The van der Waals surface area contributed by atoms with Crippen LogP contribution in [0.3, 0.4) is 0 Å². The minimum Gasteiger partial charge on any atom is -0.424 e. The fourth-order valence-corrected chi connectivity index (χ4v) is 2.54. The molecule has 3 aromatic rings. The summed E-state index contributed by atoms with van der Waals surface area (Å²) in [5, 5.41) is 26.5. The Kier molecular flexibility index (Phi) is 5.55. The molecule has 0 spiro atoms. The normalized spacial score (nSPS) is 10.2. The lowest BCUT2D eigenvalue weighted by Crippen LogP contribution is -2.01. The highest BCUT2D eigenvalue weighted by Crippen LogP contribution is 2.34. The SMILES string of the molecule is CC(=O)Oc1ccc(-c2ccccc2)cc1N=Nc1ccc(C#N)c(C#N)c1. The summed E-state index contributed by atoms with van der Waals surface area (Å²) in [4.78, 5) is 11.4. The van der Waals surface area contributed by atoms with Gasteiger partial charge in [-0.05, 0) is 41.5 Å². The van der Waals surface area contributed by atoms with E-state index >= 15 is 0 Å². The Morgan fingerprint density at radius 2 is 1.61 bits per heavy atom. The largest absolute Gasteiger partial charge is 0.424 e. The van der Waals surface area contributed by atoms with Gasteiger partial charge in [-0.15, -0.1) is 5.11 Å². The number of carbonyl (C=O) groups is 1. The Bertz CT molecular complexity index is 1140. The van der Waals surface area contributed by atoms with E-state index in [0.717, 1.165) is 11.1 Å². The molecule has 6 heteroatoms. The Labute approximate surface area is 162 Å². The van der Waals surface area contributed by atoms with Crippen LogP contribution in [0.25, 0.3) is 11.1 Å². The van der Waals surface area contributed by atoms with E-state index in [1.54, 1.807) is 18.2 Å². The predicted octanol–water partition coefficient (Wildman–Crippen LogP) is 5.44. The van der Waals surface area contributed by atoms with E-state index in [0.29, 0.717) is 11.4 Å². The molecule has 3 aromatic carbocycles. The van der Waals surface area contributed by atoms with E-state index in [1.165, 1.54) is 19.1 Å². The van der Waals surface area contributed by atoms with Crippen molar-refractivity contribution < 1.29 is 9.53 Å². The van der Waals surface area contributed by atoms with E-state index in [1.807, 2.05) is 48.5 Å². The van der Waals surface area contributed by atoms with Crippen molar-refractivity contribution in [2.45, 2.75) is 6.92 Å². The number of nitriles is 2. The van der Waals surface area contributed by atoms with Gasteiger partial charge in [0, 0.05) is 6.92 Å². The average Bonchev–Trinajstić information content (AvgIpc) is 2.73. The summed E-state index contributed by atoms with van der Waals surface area (Å²) in [6.07, 6.45) is 0. The van der Waals surface area contributed by atoms with Crippen molar-refractivity contribution in [3.8, 4) is 29.0 Å². The maximum Gasteiger partial charge on any atom is 0.308 e. The zero-order valence-electron chi connectivity index (χ0n) is 15.0. The molecule has 0 fully saturated rings. The molecular formula is C22H14N4O2. The quantitative estimate of drug-likeness (QED) is 0.349. The molecule has 0 radical (unpaired) electrons. The third kappa shape index (κ3) is 4.27. The zero-order valence-corrected chi connectivity index (χ0v) is 15.0. The maximum atomic E-state index is 11.4. The molecule has 0 aromatic heterocycles. The maximum absolute atomic E-state index is 11.4. The second-order valence-electron chi connectivity index (χ2n) is 5.80. The number of ether oxygens (including phenoxy) is 1. The first kappa shape index (κ1) is 18.5. The van der Waals surface area contributed by atoms with Crippen molar-refractivity contribution >= 4 is 17.3 Å². The van der Waals surface area contributed by atoms with Crippen LogP contribution in [0.15, 0.2) is 77.0 Å². The van der Waals surface area contributed by atoms with Crippen LogP contribution in [-0.2, 0) is 4.79 Å². The molecule has 0 saturated carbocycles. The first-order chi connectivity index (χ1) is 13.6. The molecular weight excluding hydrogens is 352 g/mol. The topological polar surface area (TPSA) is 98.6 Å². The third-order valence-electron chi connectivity index (χ3n) is 3.84. The summed E-state index contributed by atoms with van der Waals surface area (Å²) in [5.41, 5.74) is 3.15. The van der Waals surface area contributed by atoms with Crippen molar-refractivity contribution in [1.29, 1.82) is 10.5 Å². The number of rotatable bonds is 4. The average molecular weight is 366 g/mol. The summed E-state index contributed by atoms with van der Waals surface area (Å²) in [7, 11) is 0. The van der Waals surface area contributed by atoms with E-state index in [9.17, 15) is 4.79 Å². The molecule has 0 bridgehead atoms. The molecule has 0 aliphatic heterocycles. The Balaban J connectivity index is 2.01. The smallest absolute Gasteiger partial charge is 0.308 e. The molecule has 0 amide bonds. The lowest BCUT2D eigenvalue weighted by Gasteiger charge is -2.08. The fraction of sp³-hybridized carbons (Fsp3) is 0.0455. The minimum absolute atomic E-state index is 0.220. The number of benzene rings is 3. The summed E-state index contributed by atoms with van der Waals surface area (Å²) in [6, 6.07) is 23.5. The second-order valence-corrected chi connectivity index (χ2v) is 5.80. The number of hydrogen-bond acceptors (Lipinski definition) is 6. The summed E-state index contributed by atoms with van der Waals surface area (Å²) < 4.78 is 5.22. The van der Waals surface area contributed by atoms with Gasteiger partial charge in [0.2, 0.25) is 0 Å². The van der Waals surface area contributed by atoms with Gasteiger partial charge in [0.15, 0.2) is 5.75 Å². The molecule has 0 heterocycles. The van der Waals surface area contributed by atoms with Gasteiger partial charge >= 0.3 is 5.97 Å². The highest BCUT2D eigenvalue weighted by molar-refractivity contribution is 5.75. The number of azo groups is 1. The van der Waals surface area contributed by atoms with Crippen LogP contribution in [0.5, 0.6) is 5.75 Å². The Morgan fingerprint density at radius 1 is 0.857 bits per heavy atom. The molecule has 28 heavy (non-hydrogen) atoms. The van der Waals surface area contributed by atoms with E-state index < -0.39 is 5.97 Å². The summed E-state index contributed by atoms with van der Waals surface area (Å²) in [5.74, 6) is -0.181. The van der Waals surface area contributed by atoms with Gasteiger partial charge in [-0.3, -0.25) is 4.79 Å². The molecule has 0 aliphatic carbocycles. The molecule has 0 atom stereocenters. The lowest BCUT2D eigenvalue weighted by molar-refractivity contribution is -0.131. The van der Waals surface area contributed by atoms with Gasteiger partial charge in [-0.1, -0.05) is 36.4 Å². The molecule has 134 valence electrons. The zero-order chi connectivity index (χ0) is 19.9. The lowest BCUT2D eigenvalue weighted by atomic mass is 10.1. The van der Waals surface area contributed by atoms with Crippen LogP contribution in [0, 0.1) is 22.7 Å². The van der Waals surface area contributed by atoms with Crippen molar-refractivity contribution in [2.75, 3.05) is 0 Å². The number of hydrogen-bond donors (Lipinski definition) is 0. The van der Waals surface area contributed by atoms with Crippen LogP contribution >= 0.6 is 0 Å². The molecule has 6 nitrogen and oxygen atoms in total. The summed E-state index contributed by atoms with van der Waals surface area (Å²) in [6.45, 7) is 1.31. The Hall–Kier alpha value is -4.29. The number of esters is 1. The fourth-order valence-electron chi connectivity index (χ4n) is 2.54. The Morgan fingerprint density at radius 3 is 2.29 bits per heavy atom. The number of carbonyl (C=O) groups excluding carboxylic acids is 1. The van der Waals surface area contributed by atoms with E-state index in [4.69, 9.17) is 15.3 Å². The summed E-state index contributed by atoms with van der Waals surface area (Å²) >= 11 is 0. The van der Waals surface area contributed by atoms with Crippen LogP contribution in [0.1, 0.15) is 18.1 Å². The molecule has 0 unspecified atom stereocenters. The molecule has 0 saturated heterocycles. The van der Waals surface area contributed by atoms with Crippen LogP contribution < -0.4 is 4.74 Å². The van der Waals surface area contributed by atoms with Crippen molar-refractivity contribution in [2.24, 2.45) is 10.2 Å². The van der Waals surface area contributed by atoms with Gasteiger partial charge in [0.1, 0.15) is 17.8 Å². The van der Waals surface area contributed by atoms with Gasteiger partial charge in [-0.25, -0.2) is 0 Å². The third-order valence-corrected chi connectivity index (χ3v) is 3.84. The predicted molar refractivity (Wildman–Crippen MR) is 103 cm³/mol. The van der Waals surface area contributed by atoms with Crippen molar-refractivity contribution in [1.82, 2.24) is 0 Å². The number of nitrogens with zero attached hydrogens (tertiary/aromatic N) is 4. The monoisotopic (exact) mass is 366 g/mol. The first-order valence-corrected chi connectivity index (χ1v) is 8.34. The standard InChI is InChI=1S/C22H14N4O2/c1-15(27)28-22-10-8-17(16-5-3-2-4-6-16)12-21(22)26-25-20-9-7-18(13-23)19(11-20)14-24/h2-12H,1H3. The second kappa shape index (κ2) is 8.39. The van der Waals surface area contributed by atoms with Crippen molar-refractivity contribution in [3.63, 3.8) is 0 Å². The van der Waals surface area contributed by atoms with Gasteiger partial charge in [0.25, 0.3) is 0 Å². The first-order valence-electron chi connectivity index (χ1n) is 8.34.